The standard InChI is InChI=1S/C16H26N2/c1-2-13-7-9-14(10-8-13)11-18-12-15-5-3-4-6-16(15)17/h3-6,13-14,18H,2,7-12,17H2,1H3. The third-order valence-corrected chi connectivity index (χ3v) is 4.35. The Hall–Kier alpha value is -1.02. The molecule has 2 nitrogen and oxygen atoms in total. The summed E-state index contributed by atoms with van der Waals surface area (Å²) in [6, 6.07) is 8.13. The molecular weight excluding hydrogens is 220 g/mol. The molecule has 100 valence electrons. The van der Waals surface area contributed by atoms with E-state index in [0.29, 0.717) is 0 Å². The van der Waals surface area contributed by atoms with Crippen LogP contribution < -0.4 is 11.1 Å². The van der Waals surface area contributed by atoms with Crippen molar-refractivity contribution in [3.8, 4) is 0 Å². The maximum absolute atomic E-state index is 5.94. The highest BCUT2D eigenvalue weighted by molar-refractivity contribution is 5.46. The predicted octanol–water partition coefficient (Wildman–Crippen LogP) is 3.57. The first kappa shape index (κ1) is 13.4. The van der Waals surface area contributed by atoms with Gasteiger partial charge in [0, 0.05) is 12.2 Å². The lowest BCUT2D eigenvalue weighted by atomic mass is 9.81. The van der Waals surface area contributed by atoms with Gasteiger partial charge in [-0.25, -0.2) is 0 Å². The van der Waals surface area contributed by atoms with Crippen molar-refractivity contribution in [3.05, 3.63) is 29.8 Å². The molecule has 1 aromatic rings. The fraction of sp³-hybridized carbons (Fsp3) is 0.625. The van der Waals surface area contributed by atoms with Crippen LogP contribution in [0.3, 0.4) is 0 Å². The molecule has 2 heteroatoms. The van der Waals surface area contributed by atoms with Crippen molar-refractivity contribution >= 4 is 5.69 Å². The van der Waals surface area contributed by atoms with Crippen LogP contribution in [0.1, 0.15) is 44.6 Å². The normalized spacial score (nSPS) is 24.1. The summed E-state index contributed by atoms with van der Waals surface area (Å²) < 4.78 is 0. The van der Waals surface area contributed by atoms with Gasteiger partial charge < -0.3 is 11.1 Å². The molecule has 1 saturated carbocycles. The Labute approximate surface area is 111 Å². The second kappa shape index (κ2) is 6.79. The van der Waals surface area contributed by atoms with Crippen LogP contribution in [0.15, 0.2) is 24.3 Å². The van der Waals surface area contributed by atoms with Gasteiger partial charge in [-0.05, 0) is 42.9 Å². The smallest absolute Gasteiger partial charge is 0.0359 e. The fourth-order valence-corrected chi connectivity index (χ4v) is 2.95. The second-order valence-electron chi connectivity index (χ2n) is 5.62. The van der Waals surface area contributed by atoms with E-state index in [0.717, 1.165) is 30.6 Å². The first-order valence-corrected chi connectivity index (χ1v) is 7.33. The number of anilines is 1. The zero-order valence-electron chi connectivity index (χ0n) is 11.5. The van der Waals surface area contributed by atoms with Crippen molar-refractivity contribution < 1.29 is 0 Å². The zero-order valence-corrected chi connectivity index (χ0v) is 11.5. The van der Waals surface area contributed by atoms with Crippen molar-refractivity contribution in [2.75, 3.05) is 12.3 Å². The molecule has 0 atom stereocenters. The van der Waals surface area contributed by atoms with Crippen molar-refractivity contribution in [1.82, 2.24) is 5.32 Å². The Balaban J connectivity index is 1.69. The van der Waals surface area contributed by atoms with E-state index in [2.05, 4.69) is 24.4 Å². The number of nitrogen functional groups attached to an aromatic ring is 1. The van der Waals surface area contributed by atoms with E-state index in [-0.39, 0.29) is 0 Å². The molecular formula is C16H26N2. The molecule has 3 N–H and O–H groups in total. The molecule has 1 fully saturated rings. The first-order chi connectivity index (χ1) is 8.79. The zero-order chi connectivity index (χ0) is 12.8. The van der Waals surface area contributed by atoms with Crippen molar-refractivity contribution in [3.63, 3.8) is 0 Å². The van der Waals surface area contributed by atoms with E-state index in [1.165, 1.54) is 37.7 Å². The Morgan fingerprint density at radius 1 is 1.11 bits per heavy atom. The van der Waals surface area contributed by atoms with Crippen LogP contribution in [0.5, 0.6) is 0 Å². The summed E-state index contributed by atoms with van der Waals surface area (Å²) in [6.45, 7) is 4.37. The Kier molecular flexibility index (Phi) is 5.06. The number of nitrogens with two attached hydrogens (primary N) is 1. The lowest BCUT2D eigenvalue weighted by molar-refractivity contribution is 0.262. The Morgan fingerprint density at radius 2 is 1.78 bits per heavy atom. The van der Waals surface area contributed by atoms with Crippen molar-refractivity contribution in [2.24, 2.45) is 11.8 Å². The van der Waals surface area contributed by atoms with Gasteiger partial charge in [0.25, 0.3) is 0 Å². The summed E-state index contributed by atoms with van der Waals surface area (Å²) in [5.41, 5.74) is 8.06. The topological polar surface area (TPSA) is 38.0 Å². The van der Waals surface area contributed by atoms with E-state index in [4.69, 9.17) is 5.73 Å². The van der Waals surface area contributed by atoms with Crippen LogP contribution in [0.4, 0.5) is 5.69 Å². The maximum Gasteiger partial charge on any atom is 0.0359 e. The van der Waals surface area contributed by atoms with Gasteiger partial charge in [-0.2, -0.15) is 0 Å². The number of para-hydroxylation sites is 1. The molecule has 2 rings (SSSR count). The number of nitrogens with one attached hydrogen (secondary N) is 1. The average Bonchev–Trinajstić information content (AvgIpc) is 2.42. The molecule has 0 radical (unpaired) electrons. The molecule has 1 aromatic carbocycles. The number of benzene rings is 1. The lowest BCUT2D eigenvalue weighted by Crippen LogP contribution is -2.26. The van der Waals surface area contributed by atoms with Crippen LogP contribution in [0.25, 0.3) is 0 Å². The van der Waals surface area contributed by atoms with Gasteiger partial charge in [0.2, 0.25) is 0 Å². The Bertz CT molecular complexity index is 354. The van der Waals surface area contributed by atoms with E-state index in [9.17, 15) is 0 Å². The average molecular weight is 246 g/mol. The summed E-state index contributed by atoms with van der Waals surface area (Å²) in [4.78, 5) is 0. The molecule has 0 aromatic heterocycles. The summed E-state index contributed by atoms with van der Waals surface area (Å²) in [7, 11) is 0. The highest BCUT2D eigenvalue weighted by atomic mass is 14.9. The summed E-state index contributed by atoms with van der Waals surface area (Å²) in [5, 5.41) is 3.57. The largest absolute Gasteiger partial charge is 0.398 e. The number of hydrogen-bond donors (Lipinski definition) is 2. The van der Waals surface area contributed by atoms with Crippen LogP contribution in [0.2, 0.25) is 0 Å². The van der Waals surface area contributed by atoms with Crippen LogP contribution in [-0.4, -0.2) is 6.54 Å². The van der Waals surface area contributed by atoms with E-state index < -0.39 is 0 Å². The molecule has 1 aliphatic carbocycles. The molecule has 0 bridgehead atoms. The van der Waals surface area contributed by atoms with E-state index in [1.807, 2.05) is 12.1 Å². The molecule has 0 amide bonds. The molecule has 0 heterocycles. The van der Waals surface area contributed by atoms with Crippen LogP contribution in [-0.2, 0) is 6.54 Å². The van der Waals surface area contributed by atoms with Crippen molar-refractivity contribution in [2.45, 2.75) is 45.6 Å². The summed E-state index contributed by atoms with van der Waals surface area (Å²) >= 11 is 0. The third-order valence-electron chi connectivity index (χ3n) is 4.35. The Morgan fingerprint density at radius 3 is 2.44 bits per heavy atom. The predicted molar refractivity (Wildman–Crippen MR) is 78.3 cm³/mol. The first-order valence-electron chi connectivity index (χ1n) is 7.33. The summed E-state index contributed by atoms with van der Waals surface area (Å²) in [5.74, 6) is 1.86. The molecule has 0 saturated heterocycles. The number of rotatable bonds is 5. The molecule has 0 spiro atoms. The van der Waals surface area contributed by atoms with Gasteiger partial charge in [0.1, 0.15) is 0 Å². The van der Waals surface area contributed by atoms with E-state index >= 15 is 0 Å². The number of hydrogen-bond acceptors (Lipinski definition) is 2. The second-order valence-corrected chi connectivity index (χ2v) is 5.62. The van der Waals surface area contributed by atoms with Gasteiger partial charge in [0.15, 0.2) is 0 Å². The van der Waals surface area contributed by atoms with Gasteiger partial charge in [-0.3, -0.25) is 0 Å². The van der Waals surface area contributed by atoms with E-state index in [1.54, 1.807) is 0 Å². The minimum absolute atomic E-state index is 0.873. The molecule has 1 aliphatic rings. The van der Waals surface area contributed by atoms with Crippen molar-refractivity contribution in [1.29, 1.82) is 0 Å². The minimum atomic E-state index is 0.873. The SMILES string of the molecule is CCC1CCC(CNCc2ccccc2N)CC1. The third kappa shape index (κ3) is 3.74. The quantitative estimate of drug-likeness (QED) is 0.779. The highest BCUT2D eigenvalue weighted by Crippen LogP contribution is 2.30. The van der Waals surface area contributed by atoms with Gasteiger partial charge in [-0.1, -0.05) is 44.4 Å². The molecule has 0 aliphatic heterocycles. The van der Waals surface area contributed by atoms with Gasteiger partial charge in [-0.15, -0.1) is 0 Å². The molecule has 0 unspecified atom stereocenters. The molecule has 18 heavy (non-hydrogen) atoms. The highest BCUT2D eigenvalue weighted by Gasteiger charge is 2.19. The fourth-order valence-electron chi connectivity index (χ4n) is 2.95. The van der Waals surface area contributed by atoms with Gasteiger partial charge >= 0.3 is 0 Å². The minimum Gasteiger partial charge on any atom is -0.398 e. The maximum atomic E-state index is 5.94. The van der Waals surface area contributed by atoms with Crippen LogP contribution >= 0.6 is 0 Å². The monoisotopic (exact) mass is 246 g/mol. The lowest BCUT2D eigenvalue weighted by Gasteiger charge is -2.28. The van der Waals surface area contributed by atoms with Gasteiger partial charge in [0.05, 0.1) is 0 Å². The van der Waals surface area contributed by atoms with Crippen LogP contribution in [0, 0.1) is 11.8 Å². The summed E-state index contributed by atoms with van der Waals surface area (Å²) in [6.07, 6.45) is 7.01.